The maximum Gasteiger partial charge on any atom is 0.289 e. The predicted octanol–water partition coefficient (Wildman–Crippen LogP) is 0.947. The number of amides is 1. The first-order valence-electron chi connectivity index (χ1n) is 9.51. The summed E-state index contributed by atoms with van der Waals surface area (Å²) in [5, 5.41) is -0.277. The molecule has 0 aliphatic carbocycles. The lowest BCUT2D eigenvalue weighted by atomic mass is 10.2. The van der Waals surface area contributed by atoms with Gasteiger partial charge in [-0.2, -0.15) is 0 Å². The molecule has 10 heteroatoms. The molecule has 0 bridgehead atoms. The van der Waals surface area contributed by atoms with E-state index < -0.39 is 10.0 Å². The molecule has 1 fully saturated rings. The topological polar surface area (TPSA) is 105 Å². The molecule has 0 spiro atoms. The van der Waals surface area contributed by atoms with Crippen molar-refractivity contribution in [3.05, 3.63) is 48.0 Å². The van der Waals surface area contributed by atoms with Crippen LogP contribution in [0.3, 0.4) is 0 Å². The van der Waals surface area contributed by atoms with Crippen molar-refractivity contribution in [3.63, 3.8) is 0 Å². The Balaban J connectivity index is 1.70. The number of rotatable bonds is 9. The fourth-order valence-electron chi connectivity index (χ4n) is 3.11. The molecule has 1 aliphatic heterocycles. The third kappa shape index (κ3) is 5.86. The zero-order valence-electron chi connectivity index (χ0n) is 16.4. The number of furan rings is 1. The van der Waals surface area contributed by atoms with Crippen molar-refractivity contribution < 1.29 is 22.4 Å². The van der Waals surface area contributed by atoms with Crippen molar-refractivity contribution in [2.24, 2.45) is 0 Å². The van der Waals surface area contributed by atoms with E-state index in [4.69, 9.17) is 9.15 Å². The molecule has 29 heavy (non-hydrogen) atoms. The van der Waals surface area contributed by atoms with Gasteiger partial charge in [-0.15, -0.1) is 0 Å². The minimum absolute atomic E-state index is 0.000691. The Bertz CT molecular complexity index is 894. The molecule has 1 amide bonds. The highest BCUT2D eigenvalue weighted by atomic mass is 32.2. The molecule has 158 valence electrons. The average molecular weight is 423 g/mol. The van der Waals surface area contributed by atoms with Crippen LogP contribution in [0.4, 0.5) is 0 Å². The number of pyridine rings is 1. The van der Waals surface area contributed by atoms with Gasteiger partial charge in [0.1, 0.15) is 0 Å². The van der Waals surface area contributed by atoms with Gasteiger partial charge in [-0.05, 0) is 43.3 Å². The molecule has 9 nitrogen and oxygen atoms in total. The Morgan fingerprint density at radius 1 is 1.21 bits per heavy atom. The van der Waals surface area contributed by atoms with Crippen molar-refractivity contribution in [2.45, 2.75) is 18.1 Å². The van der Waals surface area contributed by atoms with Gasteiger partial charge < -0.3 is 14.1 Å². The van der Waals surface area contributed by atoms with Crippen LogP contribution in [0.2, 0.25) is 0 Å². The molecule has 3 heterocycles. The maximum atomic E-state index is 13.0. The first-order valence-corrected chi connectivity index (χ1v) is 11.0. The monoisotopic (exact) mass is 422 g/mol. The summed E-state index contributed by atoms with van der Waals surface area (Å²) >= 11 is 0. The summed E-state index contributed by atoms with van der Waals surface area (Å²) in [7, 11) is -2.45. The van der Waals surface area contributed by atoms with Crippen molar-refractivity contribution >= 4 is 15.9 Å². The number of morpholine rings is 1. The molecule has 2 aromatic heterocycles. The second-order valence-corrected chi connectivity index (χ2v) is 8.53. The highest BCUT2D eigenvalue weighted by Gasteiger charge is 2.23. The summed E-state index contributed by atoms with van der Waals surface area (Å²) < 4.78 is 36.7. The smallest absolute Gasteiger partial charge is 0.289 e. The summed E-state index contributed by atoms with van der Waals surface area (Å²) in [4.78, 5) is 21.0. The number of nitrogens with one attached hydrogen (secondary N) is 1. The molecule has 0 saturated carbocycles. The van der Waals surface area contributed by atoms with Crippen LogP contribution in [-0.4, -0.2) is 75.5 Å². The highest BCUT2D eigenvalue weighted by Crippen LogP contribution is 2.17. The van der Waals surface area contributed by atoms with Crippen LogP contribution in [0, 0.1) is 0 Å². The van der Waals surface area contributed by atoms with Crippen LogP contribution in [0.15, 0.2) is 46.2 Å². The van der Waals surface area contributed by atoms with Crippen LogP contribution < -0.4 is 4.72 Å². The van der Waals surface area contributed by atoms with E-state index in [-0.39, 0.29) is 16.8 Å². The Morgan fingerprint density at radius 3 is 2.62 bits per heavy atom. The SMILES string of the molecule is CNS(=O)(=O)c1ccc(C(=O)N(CCCN2CCOCC2)Cc2ccncc2)o1. The molecule has 3 rings (SSSR count). The maximum absolute atomic E-state index is 13.0. The number of ether oxygens (including phenoxy) is 1. The molecular weight excluding hydrogens is 396 g/mol. The fraction of sp³-hybridized carbons (Fsp3) is 0.474. The van der Waals surface area contributed by atoms with Crippen molar-refractivity contribution in [1.29, 1.82) is 0 Å². The number of nitrogens with zero attached hydrogens (tertiary/aromatic N) is 3. The van der Waals surface area contributed by atoms with E-state index in [2.05, 4.69) is 14.6 Å². The van der Waals surface area contributed by atoms with Crippen molar-refractivity contribution in [2.75, 3.05) is 46.4 Å². The van der Waals surface area contributed by atoms with Crippen molar-refractivity contribution in [1.82, 2.24) is 19.5 Å². The zero-order valence-corrected chi connectivity index (χ0v) is 17.2. The van der Waals surface area contributed by atoms with Gasteiger partial charge in [-0.3, -0.25) is 14.7 Å². The average Bonchev–Trinajstić information content (AvgIpc) is 3.25. The van der Waals surface area contributed by atoms with Crippen LogP contribution >= 0.6 is 0 Å². The van der Waals surface area contributed by atoms with Crippen LogP contribution in [0.1, 0.15) is 22.5 Å². The lowest BCUT2D eigenvalue weighted by Gasteiger charge is -2.28. The molecule has 2 aromatic rings. The van der Waals surface area contributed by atoms with Gasteiger partial charge in [0.2, 0.25) is 5.09 Å². The Labute approximate surface area is 170 Å². The number of hydrogen-bond acceptors (Lipinski definition) is 7. The number of aromatic nitrogens is 1. The van der Waals surface area contributed by atoms with Crippen molar-refractivity contribution in [3.8, 4) is 0 Å². The van der Waals surface area contributed by atoms with Gasteiger partial charge in [-0.25, -0.2) is 13.1 Å². The molecule has 0 aromatic carbocycles. The molecule has 1 aliphatic rings. The summed E-state index contributed by atoms with van der Waals surface area (Å²) in [6, 6.07) is 6.38. The summed E-state index contributed by atoms with van der Waals surface area (Å²) in [6.45, 7) is 5.01. The summed E-state index contributed by atoms with van der Waals surface area (Å²) in [5.74, 6) is -0.347. The summed E-state index contributed by atoms with van der Waals surface area (Å²) in [5.41, 5.74) is 0.939. The standard InChI is InChI=1S/C19H26N4O5S/c1-20-29(25,26)18-4-3-17(28-18)19(24)23(15-16-5-7-21-8-6-16)10-2-9-22-11-13-27-14-12-22/h3-8,20H,2,9-15H2,1H3. The molecule has 1 N–H and O–H groups in total. The number of hydrogen-bond donors (Lipinski definition) is 1. The lowest BCUT2D eigenvalue weighted by Crippen LogP contribution is -2.39. The second kappa shape index (κ2) is 9.97. The van der Waals surface area contributed by atoms with Gasteiger partial charge in [-0.1, -0.05) is 0 Å². The first kappa shape index (κ1) is 21.4. The lowest BCUT2D eigenvalue weighted by molar-refractivity contribution is 0.0354. The fourth-order valence-corrected chi connectivity index (χ4v) is 3.75. The normalized spacial score (nSPS) is 15.3. The van der Waals surface area contributed by atoms with Gasteiger partial charge in [0, 0.05) is 45.1 Å². The number of carbonyl (C=O) groups excluding carboxylic acids is 1. The largest absolute Gasteiger partial charge is 0.438 e. The second-order valence-electron chi connectivity index (χ2n) is 6.72. The third-order valence-corrected chi connectivity index (χ3v) is 6.03. The number of carbonyl (C=O) groups is 1. The predicted molar refractivity (Wildman–Crippen MR) is 106 cm³/mol. The van der Waals surface area contributed by atoms with E-state index in [1.807, 2.05) is 12.1 Å². The first-order chi connectivity index (χ1) is 14.0. The minimum atomic E-state index is -3.74. The van der Waals surface area contributed by atoms with Gasteiger partial charge >= 0.3 is 0 Å². The Morgan fingerprint density at radius 2 is 1.93 bits per heavy atom. The Kier molecular flexibility index (Phi) is 7.37. The minimum Gasteiger partial charge on any atom is -0.438 e. The summed E-state index contributed by atoms with van der Waals surface area (Å²) in [6.07, 6.45) is 4.14. The van der Waals surface area contributed by atoms with E-state index in [1.165, 1.54) is 19.2 Å². The van der Waals surface area contributed by atoms with Gasteiger partial charge in [0.05, 0.1) is 13.2 Å². The van der Waals surface area contributed by atoms with Crippen LogP contribution in [0.5, 0.6) is 0 Å². The molecule has 0 atom stereocenters. The molecule has 0 unspecified atom stereocenters. The van der Waals surface area contributed by atoms with Crippen LogP contribution in [-0.2, 0) is 21.3 Å². The Hall–Kier alpha value is -2.27. The van der Waals surface area contributed by atoms with Gasteiger partial charge in [0.25, 0.3) is 15.9 Å². The van der Waals surface area contributed by atoms with E-state index in [0.717, 1.165) is 44.8 Å². The number of sulfonamides is 1. The molecule has 1 saturated heterocycles. The van der Waals surface area contributed by atoms with Crippen LogP contribution in [0.25, 0.3) is 0 Å². The van der Waals surface area contributed by atoms with E-state index >= 15 is 0 Å². The quantitative estimate of drug-likeness (QED) is 0.641. The van der Waals surface area contributed by atoms with E-state index in [1.54, 1.807) is 17.3 Å². The van der Waals surface area contributed by atoms with Gasteiger partial charge in [0.15, 0.2) is 5.76 Å². The third-order valence-electron chi connectivity index (χ3n) is 4.74. The van der Waals surface area contributed by atoms with E-state index in [0.29, 0.717) is 13.1 Å². The molecular formula is C19H26N4O5S. The van der Waals surface area contributed by atoms with E-state index in [9.17, 15) is 13.2 Å². The zero-order chi connectivity index (χ0) is 20.7. The highest BCUT2D eigenvalue weighted by molar-refractivity contribution is 7.89. The molecule has 0 radical (unpaired) electrons.